The number of fused-ring (bicyclic) bond motifs is 1. The van der Waals surface area contributed by atoms with Crippen molar-refractivity contribution in [2.45, 2.75) is 18.8 Å². The fourth-order valence-electron chi connectivity index (χ4n) is 3.95. The van der Waals surface area contributed by atoms with Crippen LogP contribution in [-0.2, 0) is 16.0 Å². The standard InChI is InChI=1S/C27H27N3O2/c31-25(28-17-15-22-19-30-24-14-8-7-13-23(22)24)16-18-29-27(32)26(20-9-3-1-4-10-20)21-11-5-2-6-12-21/h1-14,19,26,30H,15-18H2,(H,28,31)(H,29,32). The van der Waals surface area contributed by atoms with Crippen LogP contribution in [0.4, 0.5) is 0 Å². The fourth-order valence-corrected chi connectivity index (χ4v) is 3.95. The summed E-state index contributed by atoms with van der Waals surface area (Å²) in [6.45, 7) is 0.860. The lowest BCUT2D eigenvalue weighted by molar-refractivity contribution is -0.122. The number of H-pyrrole nitrogens is 1. The van der Waals surface area contributed by atoms with Gasteiger partial charge in [-0.2, -0.15) is 0 Å². The molecule has 32 heavy (non-hydrogen) atoms. The van der Waals surface area contributed by atoms with Crippen LogP contribution in [0.2, 0.25) is 0 Å². The molecule has 0 unspecified atom stereocenters. The van der Waals surface area contributed by atoms with E-state index in [2.05, 4.69) is 21.7 Å². The van der Waals surface area contributed by atoms with E-state index in [0.29, 0.717) is 13.1 Å². The number of nitrogens with one attached hydrogen (secondary N) is 3. The number of carbonyl (C=O) groups excluding carboxylic acids is 2. The molecule has 0 aliphatic heterocycles. The molecule has 0 atom stereocenters. The van der Waals surface area contributed by atoms with Gasteiger partial charge < -0.3 is 15.6 Å². The summed E-state index contributed by atoms with van der Waals surface area (Å²) in [6, 6.07) is 27.5. The first-order chi connectivity index (χ1) is 15.7. The van der Waals surface area contributed by atoms with Crippen LogP contribution in [0.15, 0.2) is 91.1 Å². The Morgan fingerprint density at radius 2 is 1.38 bits per heavy atom. The Bertz CT molecular complexity index is 1130. The Morgan fingerprint density at radius 1 is 0.750 bits per heavy atom. The van der Waals surface area contributed by atoms with E-state index in [1.165, 1.54) is 10.9 Å². The normalized spacial score (nSPS) is 10.9. The average molecular weight is 426 g/mol. The lowest BCUT2D eigenvalue weighted by Crippen LogP contribution is -2.34. The van der Waals surface area contributed by atoms with Gasteiger partial charge in [0.15, 0.2) is 0 Å². The number of hydrogen-bond acceptors (Lipinski definition) is 2. The van der Waals surface area contributed by atoms with Crippen LogP contribution in [0.5, 0.6) is 0 Å². The van der Waals surface area contributed by atoms with Crippen molar-refractivity contribution in [2.24, 2.45) is 0 Å². The van der Waals surface area contributed by atoms with Crippen molar-refractivity contribution in [3.8, 4) is 0 Å². The summed E-state index contributed by atoms with van der Waals surface area (Å²) < 4.78 is 0. The van der Waals surface area contributed by atoms with E-state index >= 15 is 0 Å². The summed E-state index contributed by atoms with van der Waals surface area (Å²) in [5.74, 6) is -0.572. The summed E-state index contributed by atoms with van der Waals surface area (Å²) in [6.07, 6.45) is 2.99. The monoisotopic (exact) mass is 425 g/mol. The van der Waals surface area contributed by atoms with Gasteiger partial charge in [0.25, 0.3) is 0 Å². The smallest absolute Gasteiger partial charge is 0.232 e. The van der Waals surface area contributed by atoms with Crippen molar-refractivity contribution in [1.82, 2.24) is 15.6 Å². The Hall–Kier alpha value is -3.86. The van der Waals surface area contributed by atoms with E-state index in [0.717, 1.165) is 23.1 Å². The molecular weight excluding hydrogens is 398 g/mol. The van der Waals surface area contributed by atoms with Crippen LogP contribution < -0.4 is 10.6 Å². The Labute approximate surface area is 187 Å². The zero-order valence-corrected chi connectivity index (χ0v) is 17.9. The third kappa shape index (κ3) is 5.24. The van der Waals surface area contributed by atoms with Crippen molar-refractivity contribution in [3.05, 3.63) is 108 Å². The number of carbonyl (C=O) groups is 2. The minimum atomic E-state index is -0.401. The molecule has 4 aromatic rings. The highest BCUT2D eigenvalue weighted by molar-refractivity contribution is 5.87. The Morgan fingerprint density at radius 3 is 2.06 bits per heavy atom. The molecule has 0 spiro atoms. The second-order valence-electron chi connectivity index (χ2n) is 7.75. The topological polar surface area (TPSA) is 74.0 Å². The molecule has 0 aliphatic rings. The number of para-hydroxylation sites is 1. The van der Waals surface area contributed by atoms with E-state index in [1.54, 1.807) is 0 Å². The first-order valence-corrected chi connectivity index (χ1v) is 10.9. The fraction of sp³-hybridized carbons (Fsp3) is 0.185. The molecule has 5 heteroatoms. The van der Waals surface area contributed by atoms with E-state index in [1.807, 2.05) is 85.1 Å². The molecule has 3 aromatic carbocycles. The first-order valence-electron chi connectivity index (χ1n) is 10.9. The van der Waals surface area contributed by atoms with Crippen LogP contribution in [0.1, 0.15) is 29.0 Å². The number of aromatic nitrogens is 1. The number of amides is 2. The predicted molar refractivity (Wildman–Crippen MR) is 127 cm³/mol. The molecule has 0 saturated carbocycles. The second-order valence-corrected chi connectivity index (χ2v) is 7.75. The minimum Gasteiger partial charge on any atom is -0.361 e. The molecule has 162 valence electrons. The molecule has 3 N–H and O–H groups in total. The van der Waals surface area contributed by atoms with Gasteiger partial charge in [-0.15, -0.1) is 0 Å². The molecule has 2 amide bonds. The third-order valence-corrected chi connectivity index (χ3v) is 5.57. The van der Waals surface area contributed by atoms with Gasteiger partial charge in [-0.05, 0) is 29.2 Å². The number of aromatic amines is 1. The van der Waals surface area contributed by atoms with E-state index in [4.69, 9.17) is 0 Å². The van der Waals surface area contributed by atoms with Crippen LogP contribution in [0.3, 0.4) is 0 Å². The molecule has 1 aromatic heterocycles. The van der Waals surface area contributed by atoms with Gasteiger partial charge in [-0.1, -0.05) is 78.9 Å². The molecular formula is C27H27N3O2. The molecule has 0 bridgehead atoms. The summed E-state index contributed by atoms with van der Waals surface area (Å²) in [7, 11) is 0. The highest BCUT2D eigenvalue weighted by Crippen LogP contribution is 2.24. The highest BCUT2D eigenvalue weighted by atomic mass is 16.2. The van der Waals surface area contributed by atoms with Gasteiger partial charge in [0.2, 0.25) is 11.8 Å². The largest absolute Gasteiger partial charge is 0.361 e. The highest BCUT2D eigenvalue weighted by Gasteiger charge is 2.22. The lowest BCUT2D eigenvalue weighted by Gasteiger charge is -2.18. The molecule has 0 fully saturated rings. The van der Waals surface area contributed by atoms with Crippen LogP contribution >= 0.6 is 0 Å². The Kier molecular flexibility index (Phi) is 6.98. The van der Waals surface area contributed by atoms with Gasteiger partial charge in [0, 0.05) is 36.6 Å². The second kappa shape index (κ2) is 10.4. The number of rotatable bonds is 9. The molecule has 0 aliphatic carbocycles. The maximum atomic E-state index is 13.0. The third-order valence-electron chi connectivity index (χ3n) is 5.57. The van der Waals surface area contributed by atoms with Crippen molar-refractivity contribution >= 4 is 22.7 Å². The predicted octanol–water partition coefficient (Wildman–Crippen LogP) is 4.17. The first kappa shape index (κ1) is 21.4. The van der Waals surface area contributed by atoms with Crippen molar-refractivity contribution in [3.63, 3.8) is 0 Å². The lowest BCUT2D eigenvalue weighted by atomic mass is 9.90. The SMILES string of the molecule is O=C(CCNC(=O)C(c1ccccc1)c1ccccc1)NCCc1c[nH]c2ccccc12. The molecule has 0 radical (unpaired) electrons. The van der Waals surface area contributed by atoms with Crippen molar-refractivity contribution in [2.75, 3.05) is 13.1 Å². The summed E-state index contributed by atoms with van der Waals surface area (Å²) in [5, 5.41) is 7.06. The zero-order chi connectivity index (χ0) is 22.2. The van der Waals surface area contributed by atoms with Crippen LogP contribution in [-0.4, -0.2) is 29.9 Å². The quantitative estimate of drug-likeness (QED) is 0.377. The molecule has 1 heterocycles. The number of hydrogen-bond donors (Lipinski definition) is 3. The molecule has 4 rings (SSSR count). The average Bonchev–Trinajstić information content (AvgIpc) is 3.24. The maximum absolute atomic E-state index is 13.0. The summed E-state index contributed by atoms with van der Waals surface area (Å²) in [5.41, 5.74) is 4.14. The molecule has 0 saturated heterocycles. The van der Waals surface area contributed by atoms with E-state index in [9.17, 15) is 9.59 Å². The van der Waals surface area contributed by atoms with Crippen LogP contribution in [0.25, 0.3) is 10.9 Å². The Balaban J connectivity index is 1.27. The zero-order valence-electron chi connectivity index (χ0n) is 17.9. The van der Waals surface area contributed by atoms with Gasteiger partial charge in [-0.3, -0.25) is 9.59 Å². The molecule has 5 nitrogen and oxygen atoms in total. The summed E-state index contributed by atoms with van der Waals surface area (Å²) >= 11 is 0. The van der Waals surface area contributed by atoms with Gasteiger partial charge in [0.1, 0.15) is 0 Å². The van der Waals surface area contributed by atoms with Gasteiger partial charge >= 0.3 is 0 Å². The number of benzene rings is 3. The van der Waals surface area contributed by atoms with Gasteiger partial charge in [-0.25, -0.2) is 0 Å². The summed E-state index contributed by atoms with van der Waals surface area (Å²) in [4.78, 5) is 28.5. The van der Waals surface area contributed by atoms with E-state index in [-0.39, 0.29) is 18.2 Å². The van der Waals surface area contributed by atoms with Gasteiger partial charge in [0.05, 0.1) is 5.92 Å². The van der Waals surface area contributed by atoms with Crippen molar-refractivity contribution < 1.29 is 9.59 Å². The van der Waals surface area contributed by atoms with E-state index < -0.39 is 5.92 Å². The van der Waals surface area contributed by atoms with Crippen molar-refractivity contribution in [1.29, 1.82) is 0 Å². The van der Waals surface area contributed by atoms with Crippen LogP contribution in [0, 0.1) is 0 Å². The maximum Gasteiger partial charge on any atom is 0.232 e. The minimum absolute atomic E-state index is 0.0684.